The fourth-order valence-electron chi connectivity index (χ4n) is 2.77. The predicted octanol–water partition coefficient (Wildman–Crippen LogP) is 3.82. The number of nitrogens with one attached hydrogen (secondary N) is 1. The van der Waals surface area contributed by atoms with Crippen molar-refractivity contribution in [3.63, 3.8) is 0 Å². The second-order valence-electron chi connectivity index (χ2n) is 4.99. The number of halogens is 1. The Labute approximate surface area is 107 Å². The summed E-state index contributed by atoms with van der Waals surface area (Å²) < 4.78 is 0. The van der Waals surface area contributed by atoms with Gasteiger partial charge in [0.25, 0.3) is 0 Å². The van der Waals surface area contributed by atoms with E-state index < -0.39 is 0 Å². The van der Waals surface area contributed by atoms with Crippen LogP contribution in [-0.2, 0) is 12.8 Å². The molecule has 0 amide bonds. The summed E-state index contributed by atoms with van der Waals surface area (Å²) in [4.78, 5) is 4.60. The number of hydrogen-bond donors (Lipinski definition) is 1. The fraction of sp³-hybridized carbons (Fsp3) is 0.500. The lowest BCUT2D eigenvalue weighted by atomic mass is 10.1. The van der Waals surface area contributed by atoms with E-state index in [1.54, 1.807) is 0 Å². The first-order valence-electron chi connectivity index (χ1n) is 6.38. The topological polar surface area (TPSA) is 24.4 Å². The molecule has 90 valence electrons. The smallest absolute Gasteiger partial charge is 0.101 e. The van der Waals surface area contributed by atoms with Gasteiger partial charge in [-0.05, 0) is 55.9 Å². The molecule has 3 rings (SSSR count). The van der Waals surface area contributed by atoms with Crippen LogP contribution < -0.4 is 5.32 Å². The van der Waals surface area contributed by atoms with Crippen molar-refractivity contribution in [3.05, 3.63) is 28.3 Å². The van der Waals surface area contributed by atoms with E-state index in [0.29, 0.717) is 6.04 Å². The predicted molar refractivity (Wildman–Crippen MR) is 73.2 cm³/mol. The Morgan fingerprint density at radius 2 is 2.06 bits per heavy atom. The standard InChI is InChI=1S/C14H17ClN2/c1-9-5-8-14(16-9)17-13-7-6-12(15)10-3-2-4-11(10)13/h6-7,9H,2-5,8H2,1H3,(H,16,17). The quantitative estimate of drug-likeness (QED) is 0.803. The zero-order chi connectivity index (χ0) is 11.8. The maximum Gasteiger partial charge on any atom is 0.101 e. The molecule has 0 saturated heterocycles. The normalized spacial score (nSPS) is 22.5. The third-order valence-corrected chi connectivity index (χ3v) is 4.04. The van der Waals surface area contributed by atoms with E-state index in [4.69, 9.17) is 11.6 Å². The maximum absolute atomic E-state index is 6.22. The summed E-state index contributed by atoms with van der Waals surface area (Å²) in [6.45, 7) is 2.17. The van der Waals surface area contributed by atoms with Gasteiger partial charge in [0.05, 0.1) is 0 Å². The van der Waals surface area contributed by atoms with Gasteiger partial charge in [0, 0.05) is 23.2 Å². The number of rotatable bonds is 1. The molecular formula is C14H17ClN2. The van der Waals surface area contributed by atoms with Gasteiger partial charge < -0.3 is 5.32 Å². The molecule has 0 spiro atoms. The van der Waals surface area contributed by atoms with Gasteiger partial charge in [0.15, 0.2) is 0 Å². The molecule has 1 atom stereocenters. The first-order valence-corrected chi connectivity index (χ1v) is 6.76. The molecular weight excluding hydrogens is 232 g/mol. The van der Waals surface area contributed by atoms with E-state index in [0.717, 1.165) is 36.5 Å². The molecule has 1 aromatic carbocycles. The second kappa shape index (κ2) is 4.34. The highest BCUT2D eigenvalue weighted by Crippen LogP contribution is 2.34. The van der Waals surface area contributed by atoms with Crippen molar-refractivity contribution in [1.82, 2.24) is 0 Å². The highest BCUT2D eigenvalue weighted by atomic mass is 35.5. The summed E-state index contributed by atoms with van der Waals surface area (Å²) in [5.74, 6) is 1.13. The van der Waals surface area contributed by atoms with Crippen molar-refractivity contribution < 1.29 is 0 Å². The van der Waals surface area contributed by atoms with Gasteiger partial charge >= 0.3 is 0 Å². The van der Waals surface area contributed by atoms with Crippen LogP contribution in [-0.4, -0.2) is 11.9 Å². The van der Waals surface area contributed by atoms with Gasteiger partial charge in [-0.15, -0.1) is 0 Å². The minimum absolute atomic E-state index is 0.470. The van der Waals surface area contributed by atoms with Gasteiger partial charge in [-0.1, -0.05) is 11.6 Å². The molecule has 1 aromatic rings. The maximum atomic E-state index is 6.22. The Kier molecular flexibility index (Phi) is 2.83. The van der Waals surface area contributed by atoms with Gasteiger partial charge in [0.2, 0.25) is 0 Å². The average molecular weight is 249 g/mol. The molecule has 1 unspecified atom stereocenters. The first kappa shape index (κ1) is 11.1. The molecule has 0 bridgehead atoms. The lowest BCUT2D eigenvalue weighted by Crippen LogP contribution is -2.10. The Morgan fingerprint density at radius 1 is 1.24 bits per heavy atom. The van der Waals surface area contributed by atoms with Crippen LogP contribution >= 0.6 is 11.6 Å². The summed E-state index contributed by atoms with van der Waals surface area (Å²) in [6.07, 6.45) is 5.71. The van der Waals surface area contributed by atoms with Gasteiger partial charge in [-0.25, -0.2) is 0 Å². The van der Waals surface area contributed by atoms with E-state index in [9.17, 15) is 0 Å². The van der Waals surface area contributed by atoms with Crippen LogP contribution in [0.5, 0.6) is 0 Å². The SMILES string of the molecule is CC1CCC(Nc2ccc(Cl)c3c2CCC3)=N1. The minimum atomic E-state index is 0.470. The molecule has 0 aromatic heterocycles. The highest BCUT2D eigenvalue weighted by Gasteiger charge is 2.20. The molecule has 1 N–H and O–H groups in total. The molecule has 0 saturated carbocycles. The van der Waals surface area contributed by atoms with Crippen molar-refractivity contribution in [3.8, 4) is 0 Å². The van der Waals surface area contributed by atoms with Crippen molar-refractivity contribution in [2.24, 2.45) is 4.99 Å². The van der Waals surface area contributed by atoms with Crippen molar-refractivity contribution in [2.45, 2.75) is 45.1 Å². The van der Waals surface area contributed by atoms with E-state index in [-0.39, 0.29) is 0 Å². The first-order chi connectivity index (χ1) is 8.24. The summed E-state index contributed by atoms with van der Waals surface area (Å²) in [6, 6.07) is 4.57. The summed E-state index contributed by atoms with van der Waals surface area (Å²) in [5, 5.41) is 4.41. The van der Waals surface area contributed by atoms with E-state index in [1.807, 2.05) is 6.07 Å². The molecule has 1 aliphatic heterocycles. The molecule has 2 aliphatic rings. The van der Waals surface area contributed by atoms with Crippen LogP contribution in [0, 0.1) is 0 Å². The number of anilines is 1. The molecule has 1 heterocycles. The largest absolute Gasteiger partial charge is 0.344 e. The van der Waals surface area contributed by atoms with Gasteiger partial charge in [0.1, 0.15) is 5.84 Å². The Balaban J connectivity index is 1.89. The summed E-state index contributed by atoms with van der Waals surface area (Å²) >= 11 is 6.22. The van der Waals surface area contributed by atoms with Crippen molar-refractivity contribution in [2.75, 3.05) is 5.32 Å². The summed E-state index contributed by atoms with van der Waals surface area (Å²) in [5.41, 5.74) is 3.96. The molecule has 3 heteroatoms. The fourth-order valence-corrected chi connectivity index (χ4v) is 3.04. The Bertz CT molecular complexity index is 479. The van der Waals surface area contributed by atoms with Crippen LogP contribution in [0.15, 0.2) is 17.1 Å². The monoisotopic (exact) mass is 248 g/mol. The third kappa shape index (κ3) is 2.06. The number of benzene rings is 1. The van der Waals surface area contributed by atoms with Crippen LogP contribution in [0.2, 0.25) is 5.02 Å². The number of nitrogens with zero attached hydrogens (tertiary/aromatic N) is 1. The molecule has 1 aliphatic carbocycles. The third-order valence-electron chi connectivity index (χ3n) is 3.68. The van der Waals surface area contributed by atoms with Crippen LogP contribution in [0.1, 0.15) is 37.3 Å². The second-order valence-corrected chi connectivity index (χ2v) is 5.40. The van der Waals surface area contributed by atoms with Crippen LogP contribution in [0.4, 0.5) is 5.69 Å². The van der Waals surface area contributed by atoms with Gasteiger partial charge in [-0.2, -0.15) is 0 Å². The summed E-state index contributed by atoms with van der Waals surface area (Å²) in [7, 11) is 0. The van der Waals surface area contributed by atoms with Crippen LogP contribution in [0.25, 0.3) is 0 Å². The minimum Gasteiger partial charge on any atom is -0.344 e. The van der Waals surface area contributed by atoms with Crippen molar-refractivity contribution in [1.29, 1.82) is 0 Å². The van der Waals surface area contributed by atoms with Gasteiger partial charge in [-0.3, -0.25) is 4.99 Å². The number of hydrogen-bond acceptors (Lipinski definition) is 2. The molecule has 2 nitrogen and oxygen atoms in total. The highest BCUT2D eigenvalue weighted by molar-refractivity contribution is 6.31. The number of fused-ring (bicyclic) bond motifs is 1. The molecule has 0 radical (unpaired) electrons. The lowest BCUT2D eigenvalue weighted by Gasteiger charge is -2.12. The lowest BCUT2D eigenvalue weighted by molar-refractivity contribution is 0.739. The van der Waals surface area contributed by atoms with E-state index >= 15 is 0 Å². The number of amidine groups is 1. The average Bonchev–Trinajstić information content (AvgIpc) is 2.92. The van der Waals surface area contributed by atoms with Crippen LogP contribution in [0.3, 0.4) is 0 Å². The Morgan fingerprint density at radius 3 is 2.82 bits per heavy atom. The zero-order valence-electron chi connectivity index (χ0n) is 10.1. The van der Waals surface area contributed by atoms with E-state index in [2.05, 4.69) is 23.3 Å². The van der Waals surface area contributed by atoms with Crippen molar-refractivity contribution >= 4 is 23.1 Å². The number of aliphatic imine (C=N–C) groups is 1. The van der Waals surface area contributed by atoms with E-state index in [1.165, 1.54) is 23.2 Å². The molecule has 0 fully saturated rings. The Hall–Kier alpha value is -1.02. The molecule has 17 heavy (non-hydrogen) atoms. The zero-order valence-corrected chi connectivity index (χ0v) is 10.8.